The van der Waals surface area contributed by atoms with Crippen LogP contribution in [-0.2, 0) is 26.0 Å². The molecule has 3 heteroatoms. The van der Waals surface area contributed by atoms with Gasteiger partial charge in [0.25, 0.3) is 0 Å². The highest BCUT2D eigenvalue weighted by molar-refractivity contribution is 6.31. The molecule has 104 valence electrons. The third-order valence-corrected chi connectivity index (χ3v) is 4.17. The Morgan fingerprint density at radius 2 is 1.90 bits per heavy atom. The summed E-state index contributed by atoms with van der Waals surface area (Å²) in [5.41, 5.74) is 10.5. The van der Waals surface area contributed by atoms with Crippen LogP contribution in [0.25, 0.3) is 0 Å². The van der Waals surface area contributed by atoms with Crippen LogP contribution in [-0.4, -0.2) is 0 Å². The molecule has 0 saturated carbocycles. The van der Waals surface area contributed by atoms with Gasteiger partial charge in [-0.15, -0.1) is 0 Å². The molecule has 0 aromatic heterocycles. The molecule has 0 radical (unpaired) electrons. The molecule has 2 aromatic rings. The Morgan fingerprint density at radius 1 is 1.05 bits per heavy atom. The quantitative estimate of drug-likeness (QED) is 0.926. The maximum Gasteiger partial charge on any atom is 0.120 e. The first-order valence-electron chi connectivity index (χ1n) is 6.98. The van der Waals surface area contributed by atoms with E-state index in [0.29, 0.717) is 18.2 Å². The van der Waals surface area contributed by atoms with E-state index in [1.165, 1.54) is 30.4 Å². The van der Waals surface area contributed by atoms with E-state index in [4.69, 9.17) is 22.1 Å². The van der Waals surface area contributed by atoms with E-state index in [1.807, 2.05) is 24.3 Å². The zero-order valence-electron chi connectivity index (χ0n) is 11.4. The van der Waals surface area contributed by atoms with Gasteiger partial charge in [-0.05, 0) is 54.2 Å². The number of fused-ring (bicyclic) bond motifs is 1. The minimum Gasteiger partial charge on any atom is -0.489 e. The second-order valence-corrected chi connectivity index (χ2v) is 5.61. The van der Waals surface area contributed by atoms with Crippen molar-refractivity contribution < 1.29 is 4.74 Å². The molecule has 0 heterocycles. The third kappa shape index (κ3) is 2.82. The van der Waals surface area contributed by atoms with Gasteiger partial charge in [0, 0.05) is 17.1 Å². The van der Waals surface area contributed by atoms with Crippen LogP contribution < -0.4 is 10.5 Å². The lowest BCUT2D eigenvalue weighted by Gasteiger charge is -2.10. The Labute approximate surface area is 124 Å². The number of ether oxygens (including phenoxy) is 1. The summed E-state index contributed by atoms with van der Waals surface area (Å²) in [6, 6.07) is 12.3. The largest absolute Gasteiger partial charge is 0.489 e. The van der Waals surface area contributed by atoms with E-state index in [0.717, 1.165) is 16.9 Å². The van der Waals surface area contributed by atoms with E-state index in [2.05, 4.69) is 12.1 Å². The van der Waals surface area contributed by atoms with Crippen LogP contribution in [0.4, 0.5) is 0 Å². The van der Waals surface area contributed by atoms with Crippen molar-refractivity contribution in [1.29, 1.82) is 0 Å². The molecule has 2 nitrogen and oxygen atoms in total. The molecule has 0 unspecified atom stereocenters. The Morgan fingerprint density at radius 3 is 2.70 bits per heavy atom. The summed E-state index contributed by atoms with van der Waals surface area (Å²) in [5.74, 6) is 0.921. The molecule has 2 N–H and O–H groups in total. The summed E-state index contributed by atoms with van der Waals surface area (Å²) < 4.78 is 5.86. The van der Waals surface area contributed by atoms with Crippen LogP contribution in [0.15, 0.2) is 36.4 Å². The van der Waals surface area contributed by atoms with Gasteiger partial charge < -0.3 is 10.5 Å². The van der Waals surface area contributed by atoms with Gasteiger partial charge in [-0.25, -0.2) is 0 Å². The minimum absolute atomic E-state index is 0.489. The van der Waals surface area contributed by atoms with Crippen molar-refractivity contribution in [3.05, 3.63) is 63.7 Å². The predicted molar refractivity (Wildman–Crippen MR) is 82.1 cm³/mol. The Balaban J connectivity index is 1.70. The number of rotatable bonds is 4. The van der Waals surface area contributed by atoms with Crippen molar-refractivity contribution in [2.45, 2.75) is 32.4 Å². The summed E-state index contributed by atoms with van der Waals surface area (Å²) in [6.45, 7) is 0.994. The topological polar surface area (TPSA) is 35.2 Å². The molecule has 3 rings (SSSR count). The molecule has 1 aliphatic rings. The van der Waals surface area contributed by atoms with Crippen molar-refractivity contribution in [2.75, 3.05) is 0 Å². The number of aryl methyl sites for hydroxylation is 2. The van der Waals surface area contributed by atoms with Crippen LogP contribution >= 0.6 is 11.6 Å². The molecule has 0 saturated heterocycles. The Bertz CT molecular complexity index is 624. The van der Waals surface area contributed by atoms with Gasteiger partial charge in [0.15, 0.2) is 0 Å². The van der Waals surface area contributed by atoms with Crippen molar-refractivity contribution in [2.24, 2.45) is 5.73 Å². The van der Waals surface area contributed by atoms with Gasteiger partial charge in [0.05, 0.1) is 0 Å². The number of halogens is 1. The van der Waals surface area contributed by atoms with Crippen molar-refractivity contribution >= 4 is 11.6 Å². The predicted octanol–water partition coefficient (Wildman–Crippen LogP) is 3.87. The lowest BCUT2D eigenvalue weighted by atomic mass is 10.1. The molecule has 2 aromatic carbocycles. The van der Waals surface area contributed by atoms with Gasteiger partial charge in [-0.2, -0.15) is 0 Å². The Hall–Kier alpha value is -1.51. The van der Waals surface area contributed by atoms with Gasteiger partial charge in [-0.3, -0.25) is 0 Å². The summed E-state index contributed by atoms with van der Waals surface area (Å²) in [7, 11) is 0. The fourth-order valence-corrected chi connectivity index (χ4v) is 2.89. The minimum atomic E-state index is 0.489. The second kappa shape index (κ2) is 5.86. The van der Waals surface area contributed by atoms with Crippen molar-refractivity contribution in [3.8, 4) is 5.75 Å². The van der Waals surface area contributed by atoms with E-state index >= 15 is 0 Å². The summed E-state index contributed by atoms with van der Waals surface area (Å²) in [4.78, 5) is 0. The lowest BCUT2D eigenvalue weighted by molar-refractivity contribution is 0.306. The number of nitrogens with two attached hydrogens (primary N) is 1. The number of hydrogen-bond donors (Lipinski definition) is 1. The molecule has 0 amide bonds. The van der Waals surface area contributed by atoms with Gasteiger partial charge in [0.2, 0.25) is 0 Å². The highest BCUT2D eigenvalue weighted by Gasteiger charge is 2.11. The first-order chi connectivity index (χ1) is 9.76. The van der Waals surface area contributed by atoms with Crippen molar-refractivity contribution in [1.82, 2.24) is 0 Å². The zero-order valence-corrected chi connectivity index (χ0v) is 12.1. The summed E-state index contributed by atoms with van der Waals surface area (Å²) >= 11 is 6.23. The average Bonchev–Trinajstić information content (AvgIpc) is 2.93. The lowest BCUT2D eigenvalue weighted by Crippen LogP contribution is -2.00. The SMILES string of the molecule is NCc1ccc(COc2ccc3c(c2)CCC3)c(Cl)c1. The van der Waals surface area contributed by atoms with E-state index < -0.39 is 0 Å². The van der Waals surface area contributed by atoms with Gasteiger partial charge >= 0.3 is 0 Å². The molecular weight excluding hydrogens is 270 g/mol. The highest BCUT2D eigenvalue weighted by Crippen LogP contribution is 2.27. The Kier molecular flexibility index (Phi) is 3.95. The molecule has 1 aliphatic carbocycles. The molecule has 0 bridgehead atoms. The second-order valence-electron chi connectivity index (χ2n) is 5.20. The third-order valence-electron chi connectivity index (χ3n) is 3.82. The number of hydrogen-bond acceptors (Lipinski definition) is 2. The maximum atomic E-state index is 6.23. The van der Waals surface area contributed by atoms with E-state index in [1.54, 1.807) is 0 Å². The van der Waals surface area contributed by atoms with Crippen LogP contribution in [0.5, 0.6) is 5.75 Å². The molecule has 20 heavy (non-hydrogen) atoms. The van der Waals surface area contributed by atoms with Crippen LogP contribution in [0.2, 0.25) is 5.02 Å². The first kappa shape index (κ1) is 13.5. The highest BCUT2D eigenvalue weighted by atomic mass is 35.5. The average molecular weight is 288 g/mol. The number of benzene rings is 2. The van der Waals surface area contributed by atoms with Gasteiger partial charge in [0.1, 0.15) is 12.4 Å². The fraction of sp³-hybridized carbons (Fsp3) is 0.294. The zero-order chi connectivity index (χ0) is 13.9. The van der Waals surface area contributed by atoms with Crippen LogP contribution in [0.1, 0.15) is 28.7 Å². The smallest absolute Gasteiger partial charge is 0.120 e. The molecule has 0 aliphatic heterocycles. The summed E-state index contributed by atoms with van der Waals surface area (Å²) in [5, 5.41) is 0.717. The van der Waals surface area contributed by atoms with E-state index in [9.17, 15) is 0 Å². The molecule has 0 fully saturated rings. The monoisotopic (exact) mass is 287 g/mol. The van der Waals surface area contributed by atoms with Gasteiger partial charge in [-0.1, -0.05) is 29.8 Å². The standard InChI is InChI=1S/C17H18ClNO/c18-17-8-12(10-19)4-5-15(17)11-20-16-7-6-13-2-1-3-14(13)9-16/h4-9H,1-3,10-11,19H2. The normalized spacial score (nSPS) is 13.3. The maximum absolute atomic E-state index is 6.23. The van der Waals surface area contributed by atoms with Crippen LogP contribution in [0.3, 0.4) is 0 Å². The molecule has 0 atom stereocenters. The van der Waals surface area contributed by atoms with Crippen molar-refractivity contribution in [3.63, 3.8) is 0 Å². The fourth-order valence-electron chi connectivity index (χ4n) is 2.63. The molecular formula is C17H18ClNO. The van der Waals surface area contributed by atoms with Crippen LogP contribution in [0, 0.1) is 0 Å². The molecule has 0 spiro atoms. The summed E-state index contributed by atoms with van der Waals surface area (Å²) in [6.07, 6.45) is 3.62. The first-order valence-corrected chi connectivity index (χ1v) is 7.36. The van der Waals surface area contributed by atoms with E-state index in [-0.39, 0.29) is 0 Å².